The lowest BCUT2D eigenvalue weighted by Crippen LogP contribution is -2.45. The molecule has 1 saturated heterocycles. The molecule has 1 aromatic carbocycles. The Hall–Kier alpha value is -3.10. The van der Waals surface area contributed by atoms with Gasteiger partial charge in [-0.2, -0.15) is 13.2 Å². The number of nitrogens with zero attached hydrogens (tertiary/aromatic N) is 2. The molecule has 2 aromatic rings. The second-order valence-corrected chi connectivity index (χ2v) is 8.29. The summed E-state index contributed by atoms with van der Waals surface area (Å²) in [4.78, 5) is 30.6. The quantitative estimate of drug-likeness (QED) is 0.718. The minimum Gasteiger partial charge on any atom is -0.439 e. The Morgan fingerprint density at radius 2 is 1.84 bits per heavy atom. The molecule has 6 nitrogen and oxygen atoms in total. The largest absolute Gasteiger partial charge is 0.439 e. The number of halogens is 3. The highest BCUT2D eigenvalue weighted by Crippen LogP contribution is 2.30. The van der Waals surface area contributed by atoms with Gasteiger partial charge in [0.25, 0.3) is 5.91 Å². The lowest BCUT2D eigenvalue weighted by molar-refractivity contribution is -0.137. The number of ether oxygens (including phenoxy) is 1. The van der Waals surface area contributed by atoms with Crippen LogP contribution >= 0.6 is 0 Å². The fraction of sp³-hybridized carbons (Fsp3) is 0.435. The Kier molecular flexibility index (Phi) is 6.34. The van der Waals surface area contributed by atoms with Crippen LogP contribution in [-0.4, -0.2) is 41.3 Å². The summed E-state index contributed by atoms with van der Waals surface area (Å²) >= 11 is 0. The van der Waals surface area contributed by atoms with Crippen molar-refractivity contribution < 1.29 is 27.5 Å². The summed E-state index contributed by atoms with van der Waals surface area (Å²) in [5.41, 5.74) is -0.399. The molecule has 9 heteroatoms. The third-order valence-corrected chi connectivity index (χ3v) is 5.73. The van der Waals surface area contributed by atoms with Gasteiger partial charge in [0, 0.05) is 37.5 Å². The summed E-state index contributed by atoms with van der Waals surface area (Å²) in [6.07, 6.45) is 0.134. The zero-order valence-corrected chi connectivity index (χ0v) is 17.4. The maximum absolute atomic E-state index is 12.9. The smallest absolute Gasteiger partial charge is 0.417 e. The zero-order valence-electron chi connectivity index (χ0n) is 17.4. The van der Waals surface area contributed by atoms with Gasteiger partial charge < -0.3 is 15.0 Å². The Labute approximate surface area is 183 Å². The molecule has 1 unspecified atom stereocenters. The summed E-state index contributed by atoms with van der Waals surface area (Å²) in [5, 5.41) is 2.99. The second-order valence-electron chi connectivity index (χ2n) is 8.29. The van der Waals surface area contributed by atoms with E-state index in [0.29, 0.717) is 36.5 Å². The fourth-order valence-corrected chi connectivity index (χ4v) is 3.66. The molecule has 32 heavy (non-hydrogen) atoms. The van der Waals surface area contributed by atoms with Crippen molar-refractivity contribution in [3.05, 3.63) is 53.7 Å². The van der Waals surface area contributed by atoms with E-state index in [-0.39, 0.29) is 23.6 Å². The molecule has 2 aliphatic rings. The van der Waals surface area contributed by atoms with Crippen molar-refractivity contribution in [2.45, 2.75) is 31.9 Å². The predicted octanol–water partition coefficient (Wildman–Crippen LogP) is 4.27. The minimum absolute atomic E-state index is 0.0159. The van der Waals surface area contributed by atoms with Crippen molar-refractivity contribution in [1.82, 2.24) is 15.2 Å². The summed E-state index contributed by atoms with van der Waals surface area (Å²) < 4.78 is 43.3. The Morgan fingerprint density at radius 3 is 2.47 bits per heavy atom. The monoisotopic (exact) mass is 447 g/mol. The van der Waals surface area contributed by atoms with Crippen LogP contribution in [-0.2, 0) is 11.0 Å². The average molecular weight is 447 g/mol. The molecule has 1 atom stereocenters. The summed E-state index contributed by atoms with van der Waals surface area (Å²) in [6, 6.07) is 8.36. The third-order valence-electron chi connectivity index (χ3n) is 5.73. The number of carbonyl (C=O) groups is 2. The molecular formula is C23H24F3N3O3. The van der Waals surface area contributed by atoms with Crippen LogP contribution in [0.25, 0.3) is 0 Å². The van der Waals surface area contributed by atoms with Crippen LogP contribution < -0.4 is 10.1 Å². The van der Waals surface area contributed by atoms with Crippen LogP contribution in [0.15, 0.2) is 42.6 Å². The number of hydrogen-bond donors (Lipinski definition) is 1. The number of hydrogen-bond acceptors (Lipinski definition) is 4. The van der Waals surface area contributed by atoms with Crippen molar-refractivity contribution in [3.63, 3.8) is 0 Å². The molecule has 2 heterocycles. The lowest BCUT2D eigenvalue weighted by Gasteiger charge is -2.32. The highest BCUT2D eigenvalue weighted by atomic mass is 19.4. The van der Waals surface area contributed by atoms with E-state index in [2.05, 4.69) is 10.3 Å². The van der Waals surface area contributed by atoms with Gasteiger partial charge in [-0.15, -0.1) is 0 Å². The van der Waals surface area contributed by atoms with Crippen molar-refractivity contribution in [2.75, 3.05) is 19.6 Å². The highest BCUT2D eigenvalue weighted by molar-refractivity contribution is 5.94. The molecule has 1 aliphatic heterocycles. The van der Waals surface area contributed by atoms with E-state index in [1.807, 2.05) is 0 Å². The molecule has 0 bridgehead atoms. The molecule has 170 valence electrons. The Bertz CT molecular complexity index is 957. The number of carbonyl (C=O) groups excluding carboxylic acids is 2. The normalized spacial score (nSPS) is 18.8. The molecule has 1 N–H and O–H groups in total. The first kappa shape index (κ1) is 22.1. The minimum atomic E-state index is -4.46. The van der Waals surface area contributed by atoms with Gasteiger partial charge in [-0.05, 0) is 61.9 Å². The van der Waals surface area contributed by atoms with Crippen LogP contribution in [0.5, 0.6) is 11.6 Å². The first-order chi connectivity index (χ1) is 15.3. The van der Waals surface area contributed by atoms with Gasteiger partial charge in [-0.25, -0.2) is 4.98 Å². The first-order valence-electron chi connectivity index (χ1n) is 10.7. The topological polar surface area (TPSA) is 71.5 Å². The van der Waals surface area contributed by atoms with Crippen molar-refractivity contribution in [1.29, 1.82) is 0 Å². The van der Waals surface area contributed by atoms with E-state index in [1.54, 1.807) is 29.2 Å². The molecule has 1 aromatic heterocycles. The fourth-order valence-electron chi connectivity index (χ4n) is 3.66. The lowest BCUT2D eigenvalue weighted by atomic mass is 9.96. The van der Waals surface area contributed by atoms with Gasteiger partial charge in [0.05, 0.1) is 11.5 Å². The van der Waals surface area contributed by atoms with E-state index in [4.69, 9.17) is 4.74 Å². The molecule has 0 spiro atoms. The predicted molar refractivity (Wildman–Crippen MR) is 110 cm³/mol. The number of rotatable bonds is 6. The maximum Gasteiger partial charge on any atom is 0.417 e. The number of nitrogens with one attached hydrogen (secondary N) is 1. The zero-order chi connectivity index (χ0) is 22.7. The standard InChI is InChI=1S/C23H24F3N3O3/c24-23(25,26)18-7-10-20(27-13-18)32-19-8-5-16(6-9-19)22(31)29-11-1-2-17(14-29)21(30)28-12-15-3-4-15/h5-10,13,15,17H,1-4,11-12,14H2,(H,28,30). The van der Waals surface area contributed by atoms with Gasteiger partial charge in [-0.1, -0.05) is 0 Å². The van der Waals surface area contributed by atoms with Crippen LogP contribution in [0, 0.1) is 11.8 Å². The molecule has 2 amide bonds. The van der Waals surface area contributed by atoms with E-state index in [0.717, 1.165) is 31.5 Å². The average Bonchev–Trinajstić information content (AvgIpc) is 3.62. The third kappa shape index (κ3) is 5.57. The van der Waals surface area contributed by atoms with Crippen molar-refractivity contribution in [2.24, 2.45) is 11.8 Å². The van der Waals surface area contributed by atoms with Crippen LogP contribution in [0.3, 0.4) is 0 Å². The molecule has 0 radical (unpaired) electrons. The molecule has 1 aliphatic carbocycles. The molecule has 4 rings (SSSR count). The van der Waals surface area contributed by atoms with Gasteiger partial charge in [0.2, 0.25) is 11.8 Å². The first-order valence-corrected chi connectivity index (χ1v) is 10.7. The van der Waals surface area contributed by atoms with Gasteiger partial charge in [0.1, 0.15) is 5.75 Å². The summed E-state index contributed by atoms with van der Waals surface area (Å²) in [5.74, 6) is 0.641. The van der Waals surface area contributed by atoms with E-state index >= 15 is 0 Å². The number of piperidine rings is 1. The van der Waals surface area contributed by atoms with Gasteiger partial charge >= 0.3 is 6.18 Å². The Balaban J connectivity index is 1.33. The Morgan fingerprint density at radius 1 is 1.09 bits per heavy atom. The molecular weight excluding hydrogens is 423 g/mol. The molecule has 2 fully saturated rings. The van der Waals surface area contributed by atoms with E-state index in [9.17, 15) is 22.8 Å². The number of aromatic nitrogens is 1. The van der Waals surface area contributed by atoms with Gasteiger partial charge in [-0.3, -0.25) is 9.59 Å². The van der Waals surface area contributed by atoms with Gasteiger partial charge in [0.15, 0.2) is 0 Å². The van der Waals surface area contributed by atoms with Crippen LogP contribution in [0.4, 0.5) is 13.2 Å². The van der Waals surface area contributed by atoms with E-state index < -0.39 is 11.7 Å². The van der Waals surface area contributed by atoms with E-state index in [1.165, 1.54) is 12.8 Å². The maximum atomic E-state index is 12.9. The number of amides is 2. The molecule has 1 saturated carbocycles. The summed E-state index contributed by atoms with van der Waals surface area (Å²) in [7, 11) is 0. The number of likely N-dealkylation sites (tertiary alicyclic amines) is 1. The van der Waals surface area contributed by atoms with Crippen LogP contribution in [0.1, 0.15) is 41.6 Å². The number of pyridine rings is 1. The number of benzene rings is 1. The van der Waals surface area contributed by atoms with Crippen molar-refractivity contribution >= 4 is 11.8 Å². The SMILES string of the molecule is O=C(NCC1CC1)C1CCCN(C(=O)c2ccc(Oc3ccc(C(F)(F)F)cn3)cc2)C1. The van der Waals surface area contributed by atoms with Crippen molar-refractivity contribution in [3.8, 4) is 11.6 Å². The summed E-state index contributed by atoms with van der Waals surface area (Å²) in [6.45, 7) is 1.71. The number of alkyl halides is 3. The van der Waals surface area contributed by atoms with Crippen LogP contribution in [0.2, 0.25) is 0 Å². The highest BCUT2D eigenvalue weighted by Gasteiger charge is 2.31. The second kappa shape index (κ2) is 9.18.